The summed E-state index contributed by atoms with van der Waals surface area (Å²) in [7, 11) is 0. The Labute approximate surface area is 293 Å². The first-order chi connectivity index (χ1) is 22.8. The Morgan fingerprint density at radius 1 is 0.700 bits per heavy atom. The number of hydrogen-bond acceptors (Lipinski definition) is 12. The van der Waals surface area contributed by atoms with Gasteiger partial charge in [0.05, 0.1) is 23.0 Å². The summed E-state index contributed by atoms with van der Waals surface area (Å²) in [4.78, 5) is 57.0. The number of carboxylic acids is 1. The number of Topliss-reactive ketones (excluding diaryl/α,β-unsaturated/α-hetero) is 2. The van der Waals surface area contributed by atoms with Gasteiger partial charge < -0.3 is 20.2 Å². The molecule has 3 fully saturated rings. The third-order valence-corrected chi connectivity index (χ3v) is 7.49. The average Bonchev–Trinajstić information content (AvgIpc) is 2.92. The molecule has 21 heteroatoms. The van der Waals surface area contributed by atoms with Crippen molar-refractivity contribution in [3.8, 4) is 0 Å². The Balaban J connectivity index is 0.000000246. The predicted molar refractivity (Wildman–Crippen MR) is 170 cm³/mol. The fraction of sp³-hybridized carbons (Fsp3) is 0.483. The largest absolute Gasteiger partial charge is 0.481 e. The molecule has 2 N–H and O–H groups in total. The SMILES string of the molecule is CC(=O)C1CN(c2ncc(C(F)(F)F)cn2)C1.CC(=O)C1CNC1.Cc1cnc(Cl)nc1.Cl.O=C(O)C1CN(c2ncc(C(F)(F)F)cn2)C1. The van der Waals surface area contributed by atoms with Crippen LogP contribution in [0.4, 0.5) is 38.2 Å². The van der Waals surface area contributed by atoms with Gasteiger partial charge in [0.25, 0.3) is 0 Å². The maximum absolute atomic E-state index is 12.2. The molecule has 3 aliphatic heterocycles. The van der Waals surface area contributed by atoms with Gasteiger partial charge in [0.15, 0.2) is 0 Å². The molecule has 0 atom stereocenters. The van der Waals surface area contributed by atoms with Crippen LogP contribution in [-0.2, 0) is 26.7 Å². The van der Waals surface area contributed by atoms with Crippen molar-refractivity contribution in [1.82, 2.24) is 35.2 Å². The molecule has 50 heavy (non-hydrogen) atoms. The highest BCUT2D eigenvalue weighted by Crippen LogP contribution is 2.30. The number of nitrogens with one attached hydrogen (secondary N) is 1. The van der Waals surface area contributed by atoms with Crippen molar-refractivity contribution in [2.24, 2.45) is 17.8 Å². The minimum Gasteiger partial charge on any atom is -0.481 e. The molecule has 3 aromatic heterocycles. The van der Waals surface area contributed by atoms with Gasteiger partial charge in [-0.1, -0.05) is 0 Å². The lowest BCUT2D eigenvalue weighted by atomic mass is 9.97. The third kappa shape index (κ3) is 12.6. The topological polar surface area (TPSA) is 167 Å². The Morgan fingerprint density at radius 2 is 1.06 bits per heavy atom. The van der Waals surface area contributed by atoms with Gasteiger partial charge in [-0.3, -0.25) is 14.4 Å². The molecule has 0 spiro atoms. The maximum Gasteiger partial charge on any atom is 0.419 e. The molecular formula is C29H33Cl2F6N9O4. The van der Waals surface area contributed by atoms with Crippen LogP contribution in [0.15, 0.2) is 37.2 Å². The number of carbonyl (C=O) groups excluding carboxylic acids is 2. The van der Waals surface area contributed by atoms with E-state index in [2.05, 4.69) is 35.2 Å². The zero-order chi connectivity index (χ0) is 36.5. The number of carbonyl (C=O) groups is 3. The van der Waals surface area contributed by atoms with Crippen molar-refractivity contribution in [2.45, 2.75) is 33.1 Å². The lowest BCUT2D eigenvalue weighted by molar-refractivity contribution is -0.142. The predicted octanol–water partition coefficient (Wildman–Crippen LogP) is 4.19. The molecule has 0 unspecified atom stereocenters. The van der Waals surface area contributed by atoms with E-state index in [1.807, 2.05) is 6.92 Å². The van der Waals surface area contributed by atoms with E-state index in [-0.39, 0.29) is 49.1 Å². The van der Waals surface area contributed by atoms with E-state index >= 15 is 0 Å². The molecule has 0 radical (unpaired) electrons. The second kappa shape index (κ2) is 18.1. The van der Waals surface area contributed by atoms with E-state index in [4.69, 9.17) is 16.7 Å². The van der Waals surface area contributed by atoms with Crippen molar-refractivity contribution in [3.63, 3.8) is 0 Å². The average molecular weight is 757 g/mol. The van der Waals surface area contributed by atoms with E-state index in [9.17, 15) is 40.7 Å². The van der Waals surface area contributed by atoms with E-state index in [1.54, 1.807) is 24.2 Å². The number of carboxylic acid groups (broad SMARTS) is 1. The summed E-state index contributed by atoms with van der Waals surface area (Å²) in [6.45, 7) is 8.24. The van der Waals surface area contributed by atoms with E-state index < -0.39 is 35.4 Å². The minimum atomic E-state index is -4.46. The standard InChI is InChI=1S/C10H10F3N3O.C9H8F3N3O2.C5H5ClN2.C5H9NO.ClH/c1-6(17)7-4-16(5-7)9-14-2-8(3-15-9)10(11,12)13;10-9(11,12)6-1-13-8(14-2-6)15-3-5(4-15)7(16)17;1-4-2-7-5(6)8-3-4;1-4(7)5-2-6-3-5;/h2-3,7H,4-5H2,1H3;1-2,5H,3-4H2,(H,16,17);2-3H,1H3;5-6H,2-3H2,1H3;1H. The van der Waals surface area contributed by atoms with Crippen LogP contribution in [0.25, 0.3) is 0 Å². The summed E-state index contributed by atoms with van der Waals surface area (Å²) in [6, 6.07) is 0. The number of nitrogens with zero attached hydrogens (tertiary/aromatic N) is 8. The smallest absolute Gasteiger partial charge is 0.419 e. The Bertz CT molecular complexity index is 1450. The summed E-state index contributed by atoms with van der Waals surface area (Å²) < 4.78 is 73.4. The molecular weight excluding hydrogens is 723 g/mol. The van der Waals surface area contributed by atoms with Crippen LogP contribution in [0.1, 0.15) is 30.5 Å². The normalized spacial score (nSPS) is 15.9. The van der Waals surface area contributed by atoms with Gasteiger partial charge in [0, 0.05) is 82.4 Å². The Morgan fingerprint density at radius 3 is 1.30 bits per heavy atom. The molecule has 0 aromatic carbocycles. The monoisotopic (exact) mass is 755 g/mol. The van der Waals surface area contributed by atoms with Gasteiger partial charge in [-0.25, -0.2) is 29.9 Å². The van der Waals surface area contributed by atoms with Gasteiger partial charge in [-0.2, -0.15) is 26.3 Å². The first kappa shape index (κ1) is 41.9. The molecule has 3 aromatic rings. The second-order valence-electron chi connectivity index (χ2n) is 11.2. The van der Waals surface area contributed by atoms with Gasteiger partial charge >= 0.3 is 18.3 Å². The second-order valence-corrected chi connectivity index (χ2v) is 11.5. The lowest BCUT2D eigenvalue weighted by Gasteiger charge is -2.37. The third-order valence-electron chi connectivity index (χ3n) is 7.29. The van der Waals surface area contributed by atoms with Crippen molar-refractivity contribution in [3.05, 3.63) is 59.2 Å². The molecule has 274 valence electrons. The van der Waals surface area contributed by atoms with Crippen LogP contribution in [0.5, 0.6) is 0 Å². The zero-order valence-corrected chi connectivity index (χ0v) is 28.3. The Hall–Kier alpha value is -4.23. The number of rotatable bonds is 5. The lowest BCUT2D eigenvalue weighted by Crippen LogP contribution is -2.51. The van der Waals surface area contributed by atoms with Crippen LogP contribution in [-0.4, -0.2) is 91.8 Å². The van der Waals surface area contributed by atoms with E-state index in [0.29, 0.717) is 42.5 Å². The van der Waals surface area contributed by atoms with Crippen LogP contribution in [0.2, 0.25) is 5.28 Å². The fourth-order valence-corrected chi connectivity index (χ4v) is 4.01. The molecule has 3 saturated heterocycles. The zero-order valence-electron chi connectivity index (χ0n) is 26.7. The van der Waals surface area contributed by atoms with E-state index in [1.165, 1.54) is 11.8 Å². The van der Waals surface area contributed by atoms with Crippen LogP contribution < -0.4 is 15.1 Å². The fourth-order valence-electron chi connectivity index (χ4n) is 3.91. The maximum atomic E-state index is 12.2. The summed E-state index contributed by atoms with van der Waals surface area (Å²) >= 11 is 5.39. The summed E-state index contributed by atoms with van der Waals surface area (Å²) in [5.74, 6) is -0.396. The molecule has 0 aliphatic carbocycles. The molecule has 6 rings (SSSR count). The summed E-state index contributed by atoms with van der Waals surface area (Å²) in [5.41, 5.74) is -0.768. The molecule has 3 aliphatic rings. The van der Waals surface area contributed by atoms with Crippen molar-refractivity contribution in [2.75, 3.05) is 49.1 Å². The molecule has 6 heterocycles. The number of aliphatic carboxylic acids is 1. The van der Waals surface area contributed by atoms with Gasteiger partial charge in [0.1, 0.15) is 11.6 Å². The van der Waals surface area contributed by atoms with E-state index in [0.717, 1.165) is 31.0 Å². The highest BCUT2D eigenvalue weighted by atomic mass is 35.5. The highest BCUT2D eigenvalue weighted by molar-refractivity contribution is 6.28. The molecule has 0 saturated carbocycles. The molecule has 13 nitrogen and oxygen atoms in total. The van der Waals surface area contributed by atoms with Crippen molar-refractivity contribution < 1.29 is 45.8 Å². The first-order valence-corrected chi connectivity index (χ1v) is 14.9. The number of ketones is 2. The first-order valence-electron chi connectivity index (χ1n) is 14.5. The number of aromatic nitrogens is 6. The quantitative estimate of drug-likeness (QED) is 0.281. The van der Waals surface area contributed by atoms with Gasteiger partial charge in [0.2, 0.25) is 17.2 Å². The number of anilines is 2. The number of alkyl halides is 6. The van der Waals surface area contributed by atoms with Crippen LogP contribution in [0, 0.1) is 24.7 Å². The minimum absolute atomic E-state index is 0. The van der Waals surface area contributed by atoms with Crippen molar-refractivity contribution >= 4 is 53.4 Å². The van der Waals surface area contributed by atoms with Gasteiger partial charge in [-0.15, -0.1) is 12.4 Å². The Kier molecular flexibility index (Phi) is 15.2. The molecule has 0 amide bonds. The number of aryl methyl sites for hydroxylation is 1. The summed E-state index contributed by atoms with van der Waals surface area (Å²) in [6.07, 6.45) is -2.64. The highest BCUT2D eigenvalue weighted by Gasteiger charge is 2.36. The van der Waals surface area contributed by atoms with Crippen LogP contribution in [0.3, 0.4) is 0 Å². The van der Waals surface area contributed by atoms with Crippen molar-refractivity contribution in [1.29, 1.82) is 0 Å². The van der Waals surface area contributed by atoms with Crippen LogP contribution >= 0.6 is 24.0 Å². The summed E-state index contributed by atoms with van der Waals surface area (Å²) in [5, 5.41) is 12.0. The van der Waals surface area contributed by atoms with Gasteiger partial charge in [-0.05, 0) is 37.9 Å². The molecule has 0 bridgehead atoms. The number of hydrogen-bond donors (Lipinski definition) is 2. The number of halogens is 8.